The first-order valence-electron chi connectivity index (χ1n) is 20.2. The van der Waals surface area contributed by atoms with Gasteiger partial charge < -0.3 is 10.6 Å². The van der Waals surface area contributed by atoms with Crippen LogP contribution in [0, 0.1) is 17.8 Å². The second kappa shape index (κ2) is 44.4. The van der Waals surface area contributed by atoms with Crippen LogP contribution in [0.2, 0.25) is 0 Å². The van der Waals surface area contributed by atoms with Gasteiger partial charge in [-0.15, -0.1) is 13.2 Å². The van der Waals surface area contributed by atoms with Crippen LogP contribution in [-0.2, 0) is 0 Å². The zero-order valence-electron chi connectivity index (χ0n) is 37.0. The molecule has 0 spiro atoms. The van der Waals surface area contributed by atoms with E-state index < -0.39 is 0 Å². The molecular formula is C46H94N2S. The zero-order chi connectivity index (χ0) is 39.8. The standard InChI is InChI=1S/C17H32.C9H18N2S.C7H12.C6H14.C3H6.2C2H6/c1-7-14(5)11-12-15(6)17(10-4)13-16(8-2)9-3;1-4-7-5-10-6-8(11-7)9(2,3)12;1-5-7(4)6(2)3;1-3-5-6-4-2;1-3-2;2*1-2/h10-11,15-17H,4,7-9,12-13H2,1-3,5-6H3;5,8,10-12H,4,6H2,1-3H3;5H,2H2,1,3-4H3;3-6H2,1-2H3;3H,1H2,2H3;2*1-2H3/b14-11-;;7-5+;;;;. The van der Waals surface area contributed by atoms with Crippen molar-refractivity contribution in [1.29, 1.82) is 0 Å². The summed E-state index contributed by atoms with van der Waals surface area (Å²) >= 11 is 4.55. The normalized spacial score (nSPS) is 14.7. The topological polar surface area (TPSA) is 24.1 Å². The molecule has 0 bridgehead atoms. The molecule has 3 heteroatoms. The highest BCUT2D eigenvalue weighted by Gasteiger charge is 2.27. The molecule has 0 aromatic rings. The summed E-state index contributed by atoms with van der Waals surface area (Å²) in [4.78, 5) is 0. The molecule has 1 heterocycles. The van der Waals surface area contributed by atoms with Crippen LogP contribution in [0.3, 0.4) is 0 Å². The van der Waals surface area contributed by atoms with Gasteiger partial charge in [-0.3, -0.25) is 0 Å². The maximum Gasteiger partial charge on any atom is 0.0570 e. The lowest BCUT2D eigenvalue weighted by atomic mass is 9.82. The Labute approximate surface area is 318 Å². The minimum atomic E-state index is 0.0294. The Hall–Kier alpha value is -1.61. The fraction of sp³-hybridized carbons (Fsp3) is 0.739. The molecule has 0 saturated heterocycles. The average Bonchev–Trinajstić information content (AvgIpc) is 3.12. The molecule has 1 aliphatic heterocycles. The first-order valence-corrected chi connectivity index (χ1v) is 20.6. The van der Waals surface area contributed by atoms with E-state index in [-0.39, 0.29) is 4.75 Å². The number of allylic oxidation sites excluding steroid dienone is 8. The Kier molecular flexibility index (Phi) is 54.0. The summed E-state index contributed by atoms with van der Waals surface area (Å²) in [7, 11) is 0. The highest BCUT2D eigenvalue weighted by molar-refractivity contribution is 7.81. The minimum Gasteiger partial charge on any atom is -0.387 e. The first kappa shape index (κ1) is 59.5. The summed E-state index contributed by atoms with van der Waals surface area (Å²) in [6.07, 6.45) is 23.3. The number of hydrogen-bond acceptors (Lipinski definition) is 3. The number of unbranched alkanes of at least 4 members (excludes halogenated alkanes) is 3. The van der Waals surface area contributed by atoms with Gasteiger partial charge in [-0.1, -0.05) is 162 Å². The van der Waals surface area contributed by atoms with Crippen LogP contribution >= 0.6 is 12.6 Å². The van der Waals surface area contributed by atoms with Crippen LogP contribution in [0.25, 0.3) is 0 Å². The zero-order valence-corrected chi connectivity index (χ0v) is 37.9. The van der Waals surface area contributed by atoms with Gasteiger partial charge in [-0.05, 0) is 91.9 Å². The number of thiol groups is 1. The van der Waals surface area contributed by atoms with Crippen molar-refractivity contribution in [2.75, 3.05) is 6.54 Å². The molecular weight excluding hydrogens is 613 g/mol. The van der Waals surface area contributed by atoms with E-state index in [9.17, 15) is 0 Å². The van der Waals surface area contributed by atoms with E-state index in [2.05, 4.69) is 144 Å². The predicted molar refractivity (Wildman–Crippen MR) is 239 cm³/mol. The Balaban J connectivity index is -0.000000126. The van der Waals surface area contributed by atoms with Gasteiger partial charge in [-0.25, -0.2) is 0 Å². The molecule has 0 saturated carbocycles. The Morgan fingerprint density at radius 2 is 1.41 bits per heavy atom. The van der Waals surface area contributed by atoms with Crippen molar-refractivity contribution >= 4 is 12.6 Å². The second-order valence-corrected chi connectivity index (χ2v) is 14.2. The van der Waals surface area contributed by atoms with E-state index in [1.165, 1.54) is 74.6 Å². The number of rotatable bonds is 15. The van der Waals surface area contributed by atoms with Gasteiger partial charge in [-0.2, -0.15) is 12.6 Å². The third-order valence-electron chi connectivity index (χ3n) is 8.44. The first-order chi connectivity index (χ1) is 23.1. The van der Waals surface area contributed by atoms with Crippen molar-refractivity contribution in [3.8, 4) is 0 Å². The highest BCUT2D eigenvalue weighted by Crippen LogP contribution is 2.28. The third kappa shape index (κ3) is 42.5. The van der Waals surface area contributed by atoms with Gasteiger partial charge in [0.05, 0.1) is 6.04 Å². The van der Waals surface area contributed by atoms with Crippen LogP contribution in [0.4, 0.5) is 0 Å². The second-order valence-electron chi connectivity index (χ2n) is 13.1. The van der Waals surface area contributed by atoms with E-state index in [0.717, 1.165) is 30.4 Å². The van der Waals surface area contributed by atoms with Gasteiger partial charge in [0.25, 0.3) is 0 Å². The molecule has 3 unspecified atom stereocenters. The Bertz CT molecular complexity index is 788. The largest absolute Gasteiger partial charge is 0.387 e. The molecule has 294 valence electrons. The molecule has 1 rings (SSSR count). The SMILES string of the molecule is C=C(C)/C(C)=C/C.C=CC.C=CC(CC(CC)CC)C(C)C/C=C(/C)CC.CC.CC.CCC1=CNCC(C(C)(C)S)N1.CCCCCC. The van der Waals surface area contributed by atoms with Gasteiger partial charge in [0, 0.05) is 23.2 Å². The summed E-state index contributed by atoms with van der Waals surface area (Å²) < 4.78 is 0.0294. The third-order valence-corrected chi connectivity index (χ3v) is 8.76. The molecule has 2 N–H and O–H groups in total. The van der Waals surface area contributed by atoms with Crippen LogP contribution in [0.5, 0.6) is 0 Å². The maximum atomic E-state index is 4.55. The van der Waals surface area contributed by atoms with Crippen molar-refractivity contribution in [3.63, 3.8) is 0 Å². The Morgan fingerprint density at radius 3 is 1.69 bits per heavy atom. The van der Waals surface area contributed by atoms with Gasteiger partial charge in [0.15, 0.2) is 0 Å². The molecule has 0 aliphatic carbocycles. The molecule has 1 aliphatic rings. The minimum absolute atomic E-state index is 0.0294. The molecule has 0 aromatic carbocycles. The van der Waals surface area contributed by atoms with E-state index in [4.69, 9.17) is 0 Å². The van der Waals surface area contributed by atoms with E-state index in [1.54, 1.807) is 6.08 Å². The number of hydrogen-bond donors (Lipinski definition) is 3. The van der Waals surface area contributed by atoms with E-state index in [1.807, 2.05) is 48.5 Å². The van der Waals surface area contributed by atoms with Crippen molar-refractivity contribution in [2.24, 2.45) is 17.8 Å². The molecule has 0 fully saturated rings. The quantitative estimate of drug-likeness (QED) is 0.0683. The van der Waals surface area contributed by atoms with Gasteiger partial charge in [0.1, 0.15) is 0 Å². The summed E-state index contributed by atoms with van der Waals surface area (Å²) in [6.45, 7) is 50.4. The lowest BCUT2D eigenvalue weighted by Crippen LogP contribution is -2.51. The molecule has 0 amide bonds. The summed E-state index contributed by atoms with van der Waals surface area (Å²) in [5.74, 6) is 2.28. The van der Waals surface area contributed by atoms with Crippen molar-refractivity contribution in [1.82, 2.24) is 10.6 Å². The van der Waals surface area contributed by atoms with E-state index in [0.29, 0.717) is 12.0 Å². The van der Waals surface area contributed by atoms with E-state index >= 15 is 0 Å². The lowest BCUT2D eigenvalue weighted by molar-refractivity contribution is 0.322. The molecule has 49 heavy (non-hydrogen) atoms. The lowest BCUT2D eigenvalue weighted by Gasteiger charge is -2.35. The highest BCUT2D eigenvalue weighted by atomic mass is 32.1. The average molecular weight is 707 g/mol. The summed E-state index contributed by atoms with van der Waals surface area (Å²) in [5, 5.41) is 6.73. The monoisotopic (exact) mass is 707 g/mol. The summed E-state index contributed by atoms with van der Waals surface area (Å²) in [6, 6.07) is 0.417. The van der Waals surface area contributed by atoms with Crippen molar-refractivity contribution < 1.29 is 0 Å². The van der Waals surface area contributed by atoms with Crippen LogP contribution in [0.15, 0.2) is 72.7 Å². The van der Waals surface area contributed by atoms with Crippen molar-refractivity contribution in [3.05, 3.63) is 72.7 Å². The molecule has 0 radical (unpaired) electrons. The van der Waals surface area contributed by atoms with Crippen LogP contribution < -0.4 is 10.6 Å². The number of nitrogens with one attached hydrogen (secondary N) is 2. The van der Waals surface area contributed by atoms with Crippen LogP contribution in [-0.4, -0.2) is 17.3 Å². The van der Waals surface area contributed by atoms with Gasteiger partial charge >= 0.3 is 0 Å². The smallest absolute Gasteiger partial charge is 0.0570 e. The van der Waals surface area contributed by atoms with Crippen molar-refractivity contribution in [2.45, 2.75) is 200 Å². The van der Waals surface area contributed by atoms with Gasteiger partial charge in [0.2, 0.25) is 0 Å². The van der Waals surface area contributed by atoms with Crippen LogP contribution in [0.1, 0.15) is 189 Å². The molecule has 0 aromatic heterocycles. The fourth-order valence-electron chi connectivity index (χ4n) is 4.27. The predicted octanol–water partition coefficient (Wildman–Crippen LogP) is 15.9. The summed E-state index contributed by atoms with van der Waals surface area (Å²) in [5.41, 5.74) is 5.22. The fourth-order valence-corrected chi connectivity index (χ4v) is 4.42. The maximum absolute atomic E-state index is 4.55. The molecule has 2 nitrogen and oxygen atoms in total. The molecule has 3 atom stereocenters. The Morgan fingerprint density at radius 1 is 0.939 bits per heavy atom.